The van der Waals surface area contributed by atoms with E-state index in [4.69, 9.17) is 9.47 Å². The van der Waals surface area contributed by atoms with Crippen LogP contribution in [0.5, 0.6) is 11.5 Å². The summed E-state index contributed by atoms with van der Waals surface area (Å²) in [6.07, 6.45) is 3.58. The van der Waals surface area contributed by atoms with Crippen molar-refractivity contribution in [3.63, 3.8) is 0 Å². The fourth-order valence-corrected chi connectivity index (χ4v) is 2.11. The quantitative estimate of drug-likeness (QED) is 0.844. The standard InChI is InChI=1S/C16H21NO3/c1-5-17(6-2)15(18)19-13-8-7-9-14-12(13)10-11-16(3,4)20-14/h7-11H,5-6H2,1-4H3. The fraction of sp³-hybridized carbons (Fsp3) is 0.438. The molecule has 108 valence electrons. The predicted molar refractivity (Wildman–Crippen MR) is 79.1 cm³/mol. The zero-order valence-corrected chi connectivity index (χ0v) is 12.5. The number of carbonyl (C=O) groups is 1. The van der Waals surface area contributed by atoms with E-state index in [9.17, 15) is 4.79 Å². The fourth-order valence-electron chi connectivity index (χ4n) is 2.11. The summed E-state index contributed by atoms with van der Waals surface area (Å²) in [5.41, 5.74) is 0.474. The van der Waals surface area contributed by atoms with Crippen LogP contribution in [0.15, 0.2) is 24.3 Å². The van der Waals surface area contributed by atoms with Gasteiger partial charge in [-0.1, -0.05) is 6.07 Å². The van der Waals surface area contributed by atoms with Crippen LogP contribution in [-0.4, -0.2) is 29.7 Å². The van der Waals surface area contributed by atoms with Crippen LogP contribution in [0, 0.1) is 0 Å². The lowest BCUT2D eigenvalue weighted by molar-refractivity contribution is 0.152. The largest absolute Gasteiger partial charge is 0.483 e. The lowest BCUT2D eigenvalue weighted by Gasteiger charge is -2.28. The average Bonchev–Trinajstić information content (AvgIpc) is 2.39. The van der Waals surface area contributed by atoms with Crippen molar-refractivity contribution in [3.05, 3.63) is 29.8 Å². The van der Waals surface area contributed by atoms with Gasteiger partial charge in [0.2, 0.25) is 0 Å². The molecule has 4 nitrogen and oxygen atoms in total. The number of benzene rings is 1. The van der Waals surface area contributed by atoms with E-state index in [0.29, 0.717) is 18.8 Å². The molecule has 1 aliphatic rings. The van der Waals surface area contributed by atoms with E-state index in [1.165, 1.54) is 0 Å². The average molecular weight is 275 g/mol. The lowest BCUT2D eigenvalue weighted by Crippen LogP contribution is -2.33. The number of rotatable bonds is 3. The molecule has 0 unspecified atom stereocenters. The highest BCUT2D eigenvalue weighted by Crippen LogP contribution is 2.36. The van der Waals surface area contributed by atoms with E-state index >= 15 is 0 Å². The van der Waals surface area contributed by atoms with Crippen molar-refractivity contribution >= 4 is 12.2 Å². The molecule has 1 heterocycles. The summed E-state index contributed by atoms with van der Waals surface area (Å²) in [5.74, 6) is 1.27. The molecule has 0 aromatic heterocycles. The number of amides is 1. The van der Waals surface area contributed by atoms with Crippen molar-refractivity contribution in [2.45, 2.75) is 33.3 Å². The van der Waals surface area contributed by atoms with Crippen LogP contribution >= 0.6 is 0 Å². The van der Waals surface area contributed by atoms with E-state index in [-0.39, 0.29) is 11.7 Å². The Morgan fingerprint density at radius 1 is 1.30 bits per heavy atom. The highest BCUT2D eigenvalue weighted by Gasteiger charge is 2.24. The van der Waals surface area contributed by atoms with E-state index in [1.807, 2.05) is 52.0 Å². The van der Waals surface area contributed by atoms with Gasteiger partial charge in [-0.25, -0.2) is 4.79 Å². The molecular formula is C16H21NO3. The molecule has 0 saturated carbocycles. The Morgan fingerprint density at radius 2 is 2.00 bits per heavy atom. The molecule has 0 saturated heterocycles. The maximum Gasteiger partial charge on any atom is 0.415 e. The van der Waals surface area contributed by atoms with Gasteiger partial charge in [0.1, 0.15) is 17.1 Å². The second kappa shape index (κ2) is 5.57. The molecule has 0 spiro atoms. The topological polar surface area (TPSA) is 38.8 Å². The number of ether oxygens (including phenoxy) is 2. The van der Waals surface area contributed by atoms with Crippen molar-refractivity contribution in [1.29, 1.82) is 0 Å². The SMILES string of the molecule is CCN(CC)C(=O)Oc1cccc2c1C=CC(C)(C)O2. The first kappa shape index (κ1) is 14.4. The minimum absolute atomic E-state index is 0.332. The second-order valence-electron chi connectivity index (χ2n) is 5.25. The normalized spacial score (nSPS) is 15.2. The number of hydrogen-bond acceptors (Lipinski definition) is 3. The number of fused-ring (bicyclic) bond motifs is 1. The first-order valence-electron chi connectivity index (χ1n) is 6.95. The van der Waals surface area contributed by atoms with Gasteiger partial charge in [-0.05, 0) is 52.0 Å². The first-order chi connectivity index (χ1) is 9.46. The predicted octanol–water partition coefficient (Wildman–Crippen LogP) is 3.71. The van der Waals surface area contributed by atoms with E-state index in [1.54, 1.807) is 11.0 Å². The van der Waals surface area contributed by atoms with Crippen molar-refractivity contribution in [3.8, 4) is 11.5 Å². The summed E-state index contributed by atoms with van der Waals surface area (Å²) in [6.45, 7) is 9.09. The van der Waals surface area contributed by atoms with Crippen LogP contribution in [0.3, 0.4) is 0 Å². The Hall–Kier alpha value is -1.97. The minimum Gasteiger partial charge on any atom is -0.483 e. The molecule has 0 fully saturated rings. The summed E-state index contributed by atoms with van der Waals surface area (Å²) in [4.78, 5) is 13.7. The van der Waals surface area contributed by atoms with Crippen LogP contribution in [-0.2, 0) is 0 Å². The van der Waals surface area contributed by atoms with E-state index in [2.05, 4.69) is 0 Å². The van der Waals surface area contributed by atoms with Crippen molar-refractivity contribution in [2.24, 2.45) is 0 Å². The minimum atomic E-state index is -0.339. The van der Waals surface area contributed by atoms with Crippen LogP contribution in [0.1, 0.15) is 33.3 Å². The molecule has 0 atom stereocenters. The highest BCUT2D eigenvalue weighted by atomic mass is 16.6. The molecule has 20 heavy (non-hydrogen) atoms. The van der Waals surface area contributed by atoms with Crippen LogP contribution in [0.25, 0.3) is 6.08 Å². The highest BCUT2D eigenvalue weighted by molar-refractivity contribution is 5.75. The number of nitrogens with zero attached hydrogens (tertiary/aromatic N) is 1. The van der Waals surface area contributed by atoms with Crippen molar-refractivity contribution in [2.75, 3.05) is 13.1 Å². The van der Waals surface area contributed by atoms with Gasteiger partial charge in [-0.15, -0.1) is 0 Å². The van der Waals surface area contributed by atoms with Crippen LogP contribution in [0.4, 0.5) is 4.79 Å². The molecule has 0 N–H and O–H groups in total. The second-order valence-corrected chi connectivity index (χ2v) is 5.25. The van der Waals surface area contributed by atoms with Gasteiger partial charge in [0.15, 0.2) is 0 Å². The Balaban J connectivity index is 2.25. The van der Waals surface area contributed by atoms with E-state index < -0.39 is 0 Å². The van der Waals surface area contributed by atoms with Crippen LogP contribution < -0.4 is 9.47 Å². The molecule has 1 aliphatic heterocycles. The Kier molecular flexibility index (Phi) is 4.02. The summed E-state index contributed by atoms with van der Waals surface area (Å²) >= 11 is 0. The van der Waals surface area contributed by atoms with Gasteiger partial charge in [-0.2, -0.15) is 0 Å². The monoisotopic (exact) mass is 275 g/mol. The maximum atomic E-state index is 12.0. The summed E-state index contributed by atoms with van der Waals surface area (Å²) < 4.78 is 11.3. The first-order valence-corrected chi connectivity index (χ1v) is 6.95. The zero-order valence-electron chi connectivity index (χ0n) is 12.5. The molecule has 1 amide bonds. The molecule has 4 heteroatoms. The summed E-state index contributed by atoms with van der Waals surface area (Å²) in [6, 6.07) is 5.50. The Morgan fingerprint density at radius 3 is 2.65 bits per heavy atom. The molecule has 1 aromatic rings. The van der Waals surface area contributed by atoms with Crippen molar-refractivity contribution < 1.29 is 14.3 Å². The van der Waals surface area contributed by atoms with E-state index in [0.717, 1.165) is 11.3 Å². The molecular weight excluding hydrogens is 254 g/mol. The Bertz CT molecular complexity index is 531. The third-order valence-electron chi connectivity index (χ3n) is 3.27. The lowest BCUT2D eigenvalue weighted by atomic mass is 10.0. The third kappa shape index (κ3) is 2.95. The van der Waals surface area contributed by atoms with Gasteiger partial charge in [0.05, 0.1) is 5.56 Å². The molecule has 0 radical (unpaired) electrons. The van der Waals surface area contributed by atoms with Gasteiger partial charge in [0.25, 0.3) is 0 Å². The number of hydrogen-bond donors (Lipinski definition) is 0. The third-order valence-corrected chi connectivity index (χ3v) is 3.27. The smallest absolute Gasteiger partial charge is 0.415 e. The zero-order chi connectivity index (χ0) is 14.8. The van der Waals surface area contributed by atoms with Crippen LogP contribution in [0.2, 0.25) is 0 Å². The maximum absolute atomic E-state index is 12.0. The van der Waals surface area contributed by atoms with Gasteiger partial charge in [0, 0.05) is 13.1 Å². The van der Waals surface area contributed by atoms with Gasteiger partial charge >= 0.3 is 6.09 Å². The van der Waals surface area contributed by atoms with Gasteiger partial charge < -0.3 is 14.4 Å². The number of carbonyl (C=O) groups excluding carboxylic acids is 1. The summed E-state index contributed by atoms with van der Waals surface area (Å²) in [5, 5.41) is 0. The molecule has 1 aromatic carbocycles. The Labute approximate surface area is 120 Å². The van der Waals surface area contributed by atoms with Gasteiger partial charge in [-0.3, -0.25) is 0 Å². The van der Waals surface area contributed by atoms with Crippen molar-refractivity contribution in [1.82, 2.24) is 4.90 Å². The summed E-state index contributed by atoms with van der Waals surface area (Å²) in [7, 11) is 0. The molecule has 0 bridgehead atoms. The molecule has 0 aliphatic carbocycles. The molecule has 2 rings (SSSR count).